The molecule has 0 fully saturated rings. The van der Waals surface area contributed by atoms with Crippen LogP contribution in [0.1, 0.15) is 30.5 Å². The average molecular weight is 483 g/mol. The van der Waals surface area contributed by atoms with E-state index in [0.717, 1.165) is 22.1 Å². The Bertz CT molecular complexity index is 636. The Labute approximate surface area is 151 Å². The van der Waals surface area contributed by atoms with Crippen molar-refractivity contribution < 1.29 is 4.39 Å². The second-order valence-corrected chi connectivity index (χ2v) is 7.13. The van der Waals surface area contributed by atoms with Crippen LogP contribution >= 0.6 is 50.1 Å². The predicted molar refractivity (Wildman–Crippen MR) is 98.4 cm³/mol. The number of hydrogen-bond donors (Lipinski definition) is 1. The van der Waals surface area contributed by atoms with E-state index in [4.69, 9.17) is 11.6 Å². The molecule has 0 saturated carbocycles. The molecule has 1 atom stereocenters. The monoisotopic (exact) mass is 481 g/mol. The molecule has 1 N–H and O–H groups in total. The van der Waals surface area contributed by atoms with Gasteiger partial charge in [-0.2, -0.15) is 0 Å². The van der Waals surface area contributed by atoms with Crippen molar-refractivity contribution in [3.63, 3.8) is 0 Å². The number of halogens is 4. The maximum atomic E-state index is 14.4. The third kappa shape index (κ3) is 4.18. The topological polar surface area (TPSA) is 12.0 Å². The first kappa shape index (κ1) is 17.2. The van der Waals surface area contributed by atoms with Gasteiger partial charge in [-0.15, -0.1) is 0 Å². The van der Waals surface area contributed by atoms with Crippen LogP contribution in [0.5, 0.6) is 0 Å². The van der Waals surface area contributed by atoms with Gasteiger partial charge in [0, 0.05) is 9.13 Å². The zero-order valence-corrected chi connectivity index (χ0v) is 16.0. The summed E-state index contributed by atoms with van der Waals surface area (Å²) in [6.45, 7) is 2.89. The maximum Gasteiger partial charge on any atom is 0.142 e. The quantitative estimate of drug-likeness (QED) is 0.521. The number of hydrogen-bond acceptors (Lipinski definition) is 1. The molecule has 112 valence electrons. The van der Waals surface area contributed by atoms with Crippen molar-refractivity contribution in [2.24, 2.45) is 0 Å². The van der Waals surface area contributed by atoms with Crippen LogP contribution in [0.3, 0.4) is 0 Å². The van der Waals surface area contributed by atoms with Gasteiger partial charge in [-0.25, -0.2) is 4.39 Å². The van der Waals surface area contributed by atoms with Crippen LogP contribution in [0.2, 0.25) is 5.02 Å². The van der Waals surface area contributed by atoms with Crippen molar-refractivity contribution in [2.75, 3.05) is 6.54 Å². The molecule has 0 aromatic heterocycles. The Balaban J connectivity index is 2.47. The van der Waals surface area contributed by atoms with E-state index in [1.54, 1.807) is 12.1 Å². The average Bonchev–Trinajstić information content (AvgIpc) is 2.47. The molecule has 5 heteroatoms. The van der Waals surface area contributed by atoms with Gasteiger partial charge in [0.05, 0.1) is 15.5 Å². The lowest BCUT2D eigenvalue weighted by atomic mass is 9.98. The van der Waals surface area contributed by atoms with Crippen molar-refractivity contribution in [3.05, 3.63) is 66.4 Å². The van der Waals surface area contributed by atoms with Gasteiger partial charge in [0.15, 0.2) is 0 Å². The van der Waals surface area contributed by atoms with Crippen LogP contribution in [0.25, 0.3) is 0 Å². The fourth-order valence-corrected chi connectivity index (χ4v) is 3.04. The number of benzene rings is 2. The fraction of sp³-hybridized carbons (Fsp3) is 0.250. The zero-order valence-electron chi connectivity index (χ0n) is 11.5. The summed E-state index contributed by atoms with van der Waals surface area (Å²) in [4.78, 5) is 0. The summed E-state index contributed by atoms with van der Waals surface area (Å²) in [6, 6.07) is 11.0. The number of nitrogens with one attached hydrogen (secondary N) is 1. The molecule has 2 aromatic rings. The Hall–Kier alpha value is -0.170. The Morgan fingerprint density at radius 1 is 1.33 bits per heavy atom. The summed E-state index contributed by atoms with van der Waals surface area (Å²) < 4.78 is 15.9. The van der Waals surface area contributed by atoms with E-state index in [1.165, 1.54) is 0 Å². The van der Waals surface area contributed by atoms with Crippen LogP contribution in [-0.4, -0.2) is 6.54 Å². The summed E-state index contributed by atoms with van der Waals surface area (Å²) in [5, 5.41) is 4.08. The van der Waals surface area contributed by atoms with Crippen molar-refractivity contribution in [1.29, 1.82) is 0 Å². The van der Waals surface area contributed by atoms with Gasteiger partial charge in [0.1, 0.15) is 5.82 Å². The van der Waals surface area contributed by atoms with Gasteiger partial charge in [0.25, 0.3) is 0 Å². The molecule has 0 amide bonds. The minimum Gasteiger partial charge on any atom is -0.306 e. The summed E-state index contributed by atoms with van der Waals surface area (Å²) in [6.07, 6.45) is 0.976. The lowest BCUT2D eigenvalue weighted by Gasteiger charge is -2.21. The second kappa shape index (κ2) is 7.90. The van der Waals surface area contributed by atoms with Crippen LogP contribution in [-0.2, 0) is 0 Å². The van der Waals surface area contributed by atoms with Crippen molar-refractivity contribution >= 4 is 50.1 Å². The maximum absolute atomic E-state index is 14.4. The standard InChI is InChI=1S/C16H15BrClFIN/c1-2-8-21-16(10-6-7-14(20)13(18)9-10)11-4-3-5-12(17)15(11)19/h3-7,9,16,21H,2,8H2,1H3. The second-order valence-electron chi connectivity index (χ2n) is 4.70. The van der Waals surface area contributed by atoms with E-state index in [2.05, 4.69) is 50.8 Å². The molecule has 0 heterocycles. The summed E-state index contributed by atoms with van der Waals surface area (Å²) in [5.41, 5.74) is 1.58. The van der Waals surface area contributed by atoms with Gasteiger partial charge in [-0.3, -0.25) is 0 Å². The molecule has 0 aliphatic heterocycles. The molecule has 1 nitrogen and oxygen atoms in total. The molecular weight excluding hydrogens is 467 g/mol. The predicted octanol–water partition coefficient (Wildman–Crippen LogP) is 5.94. The van der Waals surface area contributed by atoms with E-state index in [0.29, 0.717) is 15.1 Å². The minimum absolute atomic E-state index is 0.211. The molecule has 1 unspecified atom stereocenters. The van der Waals surface area contributed by atoms with Crippen molar-refractivity contribution in [2.45, 2.75) is 19.4 Å². The van der Waals surface area contributed by atoms with Gasteiger partial charge in [0.2, 0.25) is 0 Å². The molecule has 0 aliphatic carbocycles. The zero-order chi connectivity index (χ0) is 15.4. The first-order valence-electron chi connectivity index (χ1n) is 6.66. The SMILES string of the molecule is CCCNC(c1ccc(I)c(Cl)c1)c1cccc(Br)c1F. The molecule has 21 heavy (non-hydrogen) atoms. The molecule has 2 rings (SSSR count). The van der Waals surface area contributed by atoms with Gasteiger partial charge in [-0.05, 0) is 75.2 Å². The van der Waals surface area contributed by atoms with E-state index in [9.17, 15) is 4.39 Å². The largest absolute Gasteiger partial charge is 0.306 e. The Morgan fingerprint density at radius 3 is 2.76 bits per heavy atom. The highest BCUT2D eigenvalue weighted by molar-refractivity contribution is 14.1. The van der Waals surface area contributed by atoms with Gasteiger partial charge < -0.3 is 5.32 Å². The van der Waals surface area contributed by atoms with Crippen molar-refractivity contribution in [3.8, 4) is 0 Å². The highest BCUT2D eigenvalue weighted by Gasteiger charge is 2.19. The van der Waals surface area contributed by atoms with Crippen LogP contribution < -0.4 is 5.32 Å². The van der Waals surface area contributed by atoms with E-state index in [-0.39, 0.29) is 11.9 Å². The molecule has 2 aromatic carbocycles. The molecule has 0 aliphatic rings. The molecule has 0 saturated heterocycles. The highest BCUT2D eigenvalue weighted by atomic mass is 127. The number of rotatable bonds is 5. The highest BCUT2D eigenvalue weighted by Crippen LogP contribution is 2.31. The third-order valence-corrected chi connectivity index (χ3v) is 5.35. The molecule has 0 radical (unpaired) electrons. The van der Waals surface area contributed by atoms with Gasteiger partial charge in [-0.1, -0.05) is 36.7 Å². The minimum atomic E-state index is -0.235. The van der Waals surface area contributed by atoms with E-state index < -0.39 is 0 Å². The Kier molecular flexibility index (Phi) is 6.47. The first-order chi connectivity index (χ1) is 10.0. The Morgan fingerprint density at radius 2 is 2.10 bits per heavy atom. The summed E-state index contributed by atoms with van der Waals surface area (Å²) in [5.74, 6) is -0.235. The van der Waals surface area contributed by atoms with Crippen LogP contribution in [0.4, 0.5) is 4.39 Å². The van der Waals surface area contributed by atoms with Crippen molar-refractivity contribution in [1.82, 2.24) is 5.32 Å². The van der Waals surface area contributed by atoms with Crippen LogP contribution in [0, 0.1) is 9.39 Å². The van der Waals surface area contributed by atoms with E-state index >= 15 is 0 Å². The summed E-state index contributed by atoms with van der Waals surface area (Å²) in [7, 11) is 0. The first-order valence-corrected chi connectivity index (χ1v) is 8.91. The molecular formula is C16H15BrClFIN. The fourth-order valence-electron chi connectivity index (χ4n) is 2.13. The molecule has 0 bridgehead atoms. The van der Waals surface area contributed by atoms with Crippen LogP contribution in [0.15, 0.2) is 40.9 Å². The van der Waals surface area contributed by atoms with Gasteiger partial charge >= 0.3 is 0 Å². The molecule has 0 spiro atoms. The lowest BCUT2D eigenvalue weighted by molar-refractivity contribution is 0.543. The lowest BCUT2D eigenvalue weighted by Crippen LogP contribution is -2.24. The third-order valence-electron chi connectivity index (χ3n) is 3.17. The van der Waals surface area contributed by atoms with E-state index in [1.807, 2.05) is 24.3 Å². The normalized spacial score (nSPS) is 12.4. The summed E-state index contributed by atoms with van der Waals surface area (Å²) >= 11 is 11.6. The smallest absolute Gasteiger partial charge is 0.142 e.